The first-order chi connectivity index (χ1) is 16.3. The maximum absolute atomic E-state index is 13.2. The molecule has 172 valence electrons. The van der Waals surface area contributed by atoms with Crippen molar-refractivity contribution in [3.63, 3.8) is 0 Å². The summed E-state index contributed by atoms with van der Waals surface area (Å²) in [7, 11) is 0. The molecule has 0 bridgehead atoms. The Bertz CT molecular complexity index is 1320. The molecular formula is C26H22N2O5S. The molecular weight excluding hydrogens is 452 g/mol. The van der Waals surface area contributed by atoms with E-state index < -0.39 is 17.8 Å². The molecule has 2 heterocycles. The molecule has 0 spiro atoms. The Morgan fingerprint density at radius 2 is 1.74 bits per heavy atom. The molecule has 1 aliphatic rings. The Balaban J connectivity index is 1.61. The maximum atomic E-state index is 13.2. The Kier molecular flexibility index (Phi) is 6.43. The number of ether oxygens (including phenoxy) is 1. The molecule has 1 aliphatic heterocycles. The smallest absolute Gasteiger partial charge is 0.338 e. The van der Waals surface area contributed by atoms with Gasteiger partial charge in [-0.25, -0.2) is 4.79 Å². The van der Waals surface area contributed by atoms with E-state index in [2.05, 4.69) is 5.32 Å². The third-order valence-electron chi connectivity index (χ3n) is 5.16. The van der Waals surface area contributed by atoms with Crippen molar-refractivity contribution < 1.29 is 23.5 Å². The zero-order valence-corrected chi connectivity index (χ0v) is 19.7. The third-order valence-corrected chi connectivity index (χ3v) is 5.44. The molecule has 0 aliphatic carbocycles. The second kappa shape index (κ2) is 9.44. The van der Waals surface area contributed by atoms with Gasteiger partial charge in [0.25, 0.3) is 11.8 Å². The number of rotatable bonds is 5. The van der Waals surface area contributed by atoms with Crippen molar-refractivity contribution in [2.45, 2.75) is 20.8 Å². The minimum atomic E-state index is -0.590. The number of esters is 1. The van der Waals surface area contributed by atoms with E-state index in [0.717, 1.165) is 16.7 Å². The highest BCUT2D eigenvalue weighted by atomic mass is 32.1. The molecule has 0 radical (unpaired) electrons. The molecule has 3 aromatic rings. The van der Waals surface area contributed by atoms with Crippen LogP contribution in [0.25, 0.3) is 17.4 Å². The van der Waals surface area contributed by atoms with Crippen LogP contribution in [0.15, 0.2) is 64.6 Å². The lowest BCUT2D eigenvalue weighted by atomic mass is 10.1. The molecule has 1 fully saturated rings. The van der Waals surface area contributed by atoms with Gasteiger partial charge < -0.3 is 9.15 Å². The molecule has 4 rings (SSSR count). The highest BCUT2D eigenvalue weighted by Crippen LogP contribution is 2.27. The summed E-state index contributed by atoms with van der Waals surface area (Å²) in [5.41, 5.74) is 3.60. The molecule has 1 saturated heterocycles. The van der Waals surface area contributed by atoms with Crippen LogP contribution >= 0.6 is 12.2 Å². The lowest BCUT2D eigenvalue weighted by molar-refractivity contribution is -0.122. The number of furan rings is 1. The van der Waals surface area contributed by atoms with Crippen molar-refractivity contribution in [3.05, 3.63) is 82.6 Å². The number of carbonyl (C=O) groups excluding carboxylic acids is 3. The number of hydrogen-bond acceptors (Lipinski definition) is 6. The van der Waals surface area contributed by atoms with Crippen LogP contribution in [-0.2, 0) is 14.3 Å². The van der Waals surface area contributed by atoms with E-state index in [1.54, 1.807) is 43.3 Å². The molecule has 0 atom stereocenters. The highest BCUT2D eigenvalue weighted by molar-refractivity contribution is 7.80. The van der Waals surface area contributed by atoms with Gasteiger partial charge in [0.05, 0.1) is 17.9 Å². The van der Waals surface area contributed by atoms with Crippen LogP contribution in [0.4, 0.5) is 5.69 Å². The predicted molar refractivity (Wildman–Crippen MR) is 132 cm³/mol. The zero-order chi connectivity index (χ0) is 24.4. The molecule has 0 unspecified atom stereocenters. The first-order valence-electron chi connectivity index (χ1n) is 10.6. The van der Waals surface area contributed by atoms with Gasteiger partial charge in [-0.05, 0) is 86.6 Å². The van der Waals surface area contributed by atoms with Crippen molar-refractivity contribution in [2.75, 3.05) is 11.5 Å². The Morgan fingerprint density at radius 1 is 1.06 bits per heavy atom. The monoisotopic (exact) mass is 474 g/mol. The van der Waals surface area contributed by atoms with Gasteiger partial charge >= 0.3 is 5.97 Å². The Hall–Kier alpha value is -4.04. The summed E-state index contributed by atoms with van der Waals surface area (Å²) in [6, 6.07) is 15.8. The van der Waals surface area contributed by atoms with Crippen molar-refractivity contribution in [2.24, 2.45) is 0 Å². The number of carbonyl (C=O) groups is 3. The summed E-state index contributed by atoms with van der Waals surface area (Å²) < 4.78 is 10.8. The van der Waals surface area contributed by atoms with Gasteiger partial charge in [0.15, 0.2) is 5.11 Å². The van der Waals surface area contributed by atoms with Gasteiger partial charge in [0, 0.05) is 5.56 Å². The molecule has 2 aromatic carbocycles. The standard InChI is InChI=1S/C26H22N2O5S/c1-4-32-25(31)18-7-5-17(6-8-18)22-10-9-20(33-22)14-21-23(29)27-26(34)28(24(21)30)19-12-15(2)11-16(3)13-19/h5-14H,4H2,1-3H3,(H,27,29,34)/b21-14-. The second-order valence-electron chi connectivity index (χ2n) is 7.80. The van der Waals surface area contributed by atoms with Crippen LogP contribution in [0.1, 0.15) is 34.2 Å². The van der Waals surface area contributed by atoms with Crippen LogP contribution in [0.2, 0.25) is 0 Å². The normalized spacial score (nSPS) is 15.0. The molecule has 2 amide bonds. The van der Waals surface area contributed by atoms with Crippen LogP contribution in [0, 0.1) is 13.8 Å². The van der Waals surface area contributed by atoms with Crippen molar-refractivity contribution in [1.29, 1.82) is 0 Å². The summed E-state index contributed by atoms with van der Waals surface area (Å²) in [4.78, 5) is 38.9. The van der Waals surface area contributed by atoms with Crippen LogP contribution < -0.4 is 10.2 Å². The van der Waals surface area contributed by atoms with E-state index in [0.29, 0.717) is 29.4 Å². The number of thiocarbonyl (C=S) groups is 1. The average Bonchev–Trinajstić information content (AvgIpc) is 3.25. The van der Waals surface area contributed by atoms with Gasteiger partial charge in [-0.3, -0.25) is 19.8 Å². The van der Waals surface area contributed by atoms with Crippen molar-refractivity contribution in [1.82, 2.24) is 5.32 Å². The molecule has 1 aromatic heterocycles. The van der Waals surface area contributed by atoms with Crippen LogP contribution in [0.5, 0.6) is 0 Å². The van der Waals surface area contributed by atoms with E-state index in [4.69, 9.17) is 21.4 Å². The maximum Gasteiger partial charge on any atom is 0.338 e. The van der Waals surface area contributed by atoms with Gasteiger partial charge in [-0.1, -0.05) is 18.2 Å². The number of amides is 2. The number of anilines is 1. The Morgan fingerprint density at radius 3 is 2.38 bits per heavy atom. The molecule has 0 saturated carbocycles. The van der Waals surface area contributed by atoms with E-state index in [1.165, 1.54) is 11.0 Å². The van der Waals surface area contributed by atoms with Crippen molar-refractivity contribution in [3.8, 4) is 11.3 Å². The number of aryl methyl sites for hydroxylation is 2. The first-order valence-corrected chi connectivity index (χ1v) is 11.0. The van der Waals surface area contributed by atoms with E-state index in [1.807, 2.05) is 32.0 Å². The number of nitrogens with one attached hydrogen (secondary N) is 1. The summed E-state index contributed by atoms with van der Waals surface area (Å²) >= 11 is 5.27. The Labute approximate surface area is 202 Å². The lowest BCUT2D eigenvalue weighted by Crippen LogP contribution is -2.54. The fourth-order valence-corrected chi connectivity index (χ4v) is 3.97. The predicted octanol–water partition coefficient (Wildman–Crippen LogP) is 4.57. The highest BCUT2D eigenvalue weighted by Gasteiger charge is 2.35. The van der Waals surface area contributed by atoms with Crippen molar-refractivity contribution >= 4 is 46.9 Å². The molecule has 8 heteroatoms. The number of hydrogen-bond donors (Lipinski definition) is 1. The van der Waals surface area contributed by atoms with Crippen LogP contribution in [-0.4, -0.2) is 29.5 Å². The topological polar surface area (TPSA) is 88.9 Å². The number of benzene rings is 2. The molecule has 7 nitrogen and oxygen atoms in total. The van der Waals surface area contributed by atoms with E-state index in [-0.39, 0.29) is 10.7 Å². The SMILES string of the molecule is CCOC(=O)c1ccc(-c2ccc(/C=C3/C(=O)NC(=S)N(c4cc(C)cc(C)c4)C3=O)o2)cc1. The van der Waals surface area contributed by atoms with Gasteiger partial charge in [0.1, 0.15) is 17.1 Å². The average molecular weight is 475 g/mol. The third kappa shape index (κ3) is 4.67. The quantitative estimate of drug-likeness (QED) is 0.252. The summed E-state index contributed by atoms with van der Waals surface area (Å²) in [6.07, 6.45) is 1.39. The lowest BCUT2D eigenvalue weighted by Gasteiger charge is -2.29. The van der Waals surface area contributed by atoms with Gasteiger partial charge in [-0.15, -0.1) is 0 Å². The second-order valence-corrected chi connectivity index (χ2v) is 8.19. The largest absolute Gasteiger partial charge is 0.462 e. The fourth-order valence-electron chi connectivity index (χ4n) is 3.68. The zero-order valence-electron chi connectivity index (χ0n) is 18.9. The van der Waals surface area contributed by atoms with Gasteiger partial charge in [-0.2, -0.15) is 0 Å². The fraction of sp³-hybridized carbons (Fsp3) is 0.154. The molecule has 1 N–H and O–H groups in total. The summed E-state index contributed by atoms with van der Waals surface area (Å²) in [5.74, 6) is -0.668. The first kappa shape index (κ1) is 23.1. The minimum absolute atomic E-state index is 0.0268. The minimum Gasteiger partial charge on any atom is -0.462 e. The summed E-state index contributed by atoms with van der Waals surface area (Å²) in [5, 5.41) is 2.60. The van der Waals surface area contributed by atoms with E-state index in [9.17, 15) is 14.4 Å². The number of nitrogens with zero attached hydrogens (tertiary/aromatic N) is 1. The summed E-state index contributed by atoms with van der Waals surface area (Å²) in [6.45, 7) is 5.89. The van der Waals surface area contributed by atoms with Crippen LogP contribution in [0.3, 0.4) is 0 Å². The van der Waals surface area contributed by atoms with Gasteiger partial charge in [0.2, 0.25) is 0 Å². The van der Waals surface area contributed by atoms with E-state index >= 15 is 0 Å². The molecule has 34 heavy (non-hydrogen) atoms.